The number of nitrogens with one attached hydrogen (secondary N) is 2. The third-order valence-electron chi connectivity index (χ3n) is 3.74. The van der Waals surface area contributed by atoms with E-state index in [0.29, 0.717) is 31.3 Å². The van der Waals surface area contributed by atoms with Crippen molar-refractivity contribution in [2.24, 2.45) is 0 Å². The molecule has 3 N–H and O–H groups in total. The van der Waals surface area contributed by atoms with Gasteiger partial charge in [-0.25, -0.2) is 0 Å². The van der Waals surface area contributed by atoms with Gasteiger partial charge in [0, 0.05) is 36.8 Å². The summed E-state index contributed by atoms with van der Waals surface area (Å²) in [5, 5.41) is 16.0. The molecular weight excluding hydrogens is 423 g/mol. The summed E-state index contributed by atoms with van der Waals surface area (Å²) < 4.78 is 11.8. The number of aliphatic hydroxyl groups excluding tert-OH is 1. The smallest absolute Gasteiger partial charge is 0.166 e. The summed E-state index contributed by atoms with van der Waals surface area (Å²) in [6, 6.07) is 13.6. The Kier molecular flexibility index (Phi) is 15.0. The normalized spacial score (nSPS) is 9.96. The van der Waals surface area contributed by atoms with E-state index in [1.54, 1.807) is 0 Å². The Hall–Kier alpha value is -1.21. The van der Waals surface area contributed by atoms with Gasteiger partial charge in [-0.15, -0.1) is 24.8 Å². The number of aliphatic hydroxyl groups is 1. The molecule has 0 spiro atoms. The highest BCUT2D eigenvalue weighted by Gasteiger charge is 2.11. The summed E-state index contributed by atoms with van der Waals surface area (Å²) in [7, 11) is 0. The van der Waals surface area contributed by atoms with Crippen LogP contribution in [0.3, 0.4) is 0 Å². The fourth-order valence-electron chi connectivity index (χ4n) is 2.47. The van der Waals surface area contributed by atoms with Crippen LogP contribution in [0, 0.1) is 0 Å². The number of hydrogen-bond acceptors (Lipinski definition) is 5. The van der Waals surface area contributed by atoms with Gasteiger partial charge in [0.1, 0.15) is 6.61 Å². The van der Waals surface area contributed by atoms with E-state index in [4.69, 9.17) is 26.2 Å². The average Bonchev–Trinajstić information content (AvgIpc) is 2.65. The Morgan fingerprint density at radius 1 is 0.929 bits per heavy atom. The lowest BCUT2D eigenvalue weighted by molar-refractivity contribution is 0.266. The molecule has 0 heterocycles. The van der Waals surface area contributed by atoms with Crippen molar-refractivity contribution in [2.45, 2.75) is 20.1 Å². The second kappa shape index (κ2) is 15.7. The lowest BCUT2D eigenvalue weighted by Crippen LogP contribution is -2.28. The zero-order chi connectivity index (χ0) is 18.6. The van der Waals surface area contributed by atoms with Crippen LogP contribution in [0.1, 0.15) is 18.1 Å². The van der Waals surface area contributed by atoms with Crippen molar-refractivity contribution in [1.82, 2.24) is 10.6 Å². The van der Waals surface area contributed by atoms with E-state index in [0.717, 1.165) is 35.7 Å². The van der Waals surface area contributed by atoms with Crippen LogP contribution in [0.25, 0.3) is 0 Å². The first kappa shape index (κ1) is 26.8. The molecule has 0 atom stereocenters. The average molecular weight is 452 g/mol. The van der Waals surface area contributed by atoms with Crippen LogP contribution in [0.5, 0.6) is 11.5 Å². The molecule has 0 aromatic heterocycles. The molecule has 8 heteroatoms. The molecule has 158 valence electrons. The molecule has 28 heavy (non-hydrogen) atoms. The maximum Gasteiger partial charge on any atom is 0.166 e. The Balaban J connectivity index is 0.00000364. The zero-order valence-corrected chi connectivity index (χ0v) is 18.3. The van der Waals surface area contributed by atoms with Crippen LogP contribution >= 0.6 is 36.4 Å². The van der Waals surface area contributed by atoms with E-state index in [2.05, 4.69) is 10.6 Å². The van der Waals surface area contributed by atoms with Crippen molar-refractivity contribution >= 4 is 36.4 Å². The number of rotatable bonds is 12. The predicted molar refractivity (Wildman–Crippen MR) is 120 cm³/mol. The lowest BCUT2D eigenvalue weighted by atomic mass is 10.1. The minimum absolute atomic E-state index is 0. The Morgan fingerprint density at radius 3 is 2.32 bits per heavy atom. The first-order valence-corrected chi connectivity index (χ1v) is 9.26. The van der Waals surface area contributed by atoms with Crippen molar-refractivity contribution < 1.29 is 14.6 Å². The molecule has 0 radical (unpaired) electrons. The molecule has 0 aliphatic heterocycles. The van der Waals surface area contributed by atoms with Crippen LogP contribution in [0.15, 0.2) is 42.5 Å². The molecule has 0 fully saturated rings. The molecular formula is C20H29Cl3N2O3. The third kappa shape index (κ3) is 9.32. The molecule has 0 saturated carbocycles. The van der Waals surface area contributed by atoms with E-state index >= 15 is 0 Å². The van der Waals surface area contributed by atoms with Gasteiger partial charge in [0.15, 0.2) is 11.5 Å². The fourth-order valence-corrected chi connectivity index (χ4v) is 2.60. The van der Waals surface area contributed by atoms with Crippen molar-refractivity contribution in [1.29, 1.82) is 0 Å². The van der Waals surface area contributed by atoms with E-state index in [1.807, 2.05) is 49.4 Å². The molecule has 0 aliphatic carbocycles. The van der Waals surface area contributed by atoms with Gasteiger partial charge in [-0.1, -0.05) is 35.9 Å². The largest absolute Gasteiger partial charge is 0.490 e. The van der Waals surface area contributed by atoms with Crippen molar-refractivity contribution in [2.75, 3.05) is 32.8 Å². The van der Waals surface area contributed by atoms with Gasteiger partial charge in [0.05, 0.1) is 13.2 Å². The zero-order valence-electron chi connectivity index (χ0n) is 15.9. The van der Waals surface area contributed by atoms with Gasteiger partial charge in [0.25, 0.3) is 0 Å². The van der Waals surface area contributed by atoms with Crippen LogP contribution in [-0.4, -0.2) is 38.0 Å². The van der Waals surface area contributed by atoms with E-state index in [1.165, 1.54) is 0 Å². The number of hydrogen-bond donors (Lipinski definition) is 3. The minimum atomic E-state index is 0. The van der Waals surface area contributed by atoms with Crippen LogP contribution in [-0.2, 0) is 13.2 Å². The molecule has 2 rings (SSSR count). The molecule has 2 aromatic rings. The second-order valence-corrected chi connectivity index (χ2v) is 6.18. The van der Waals surface area contributed by atoms with Gasteiger partial charge in [-0.05, 0) is 30.7 Å². The first-order chi connectivity index (χ1) is 12.7. The summed E-state index contributed by atoms with van der Waals surface area (Å²) in [5.41, 5.74) is 2.10. The van der Waals surface area contributed by atoms with Crippen LogP contribution in [0.2, 0.25) is 5.02 Å². The van der Waals surface area contributed by atoms with Gasteiger partial charge >= 0.3 is 0 Å². The maximum atomic E-state index is 8.77. The Labute approximate surface area is 184 Å². The second-order valence-electron chi connectivity index (χ2n) is 5.74. The molecule has 2 aromatic carbocycles. The summed E-state index contributed by atoms with van der Waals surface area (Å²) in [6.45, 7) is 6.03. The molecule has 0 bridgehead atoms. The molecule has 0 amide bonds. The fraction of sp³-hybridized carbons (Fsp3) is 0.400. The standard InChI is InChI=1S/C20H27ClN2O3.2ClH/c1-2-25-19-5-3-4-17(14-23-11-10-22-12-13-24)20(19)26-15-16-6-8-18(21)9-7-16;;/h3-9,22-24H,2,10-15H2,1H3;2*1H. The lowest BCUT2D eigenvalue weighted by Gasteiger charge is -2.16. The van der Waals surface area contributed by atoms with Crippen LogP contribution in [0.4, 0.5) is 0 Å². The third-order valence-corrected chi connectivity index (χ3v) is 3.99. The summed E-state index contributed by atoms with van der Waals surface area (Å²) >= 11 is 5.94. The van der Waals surface area contributed by atoms with Crippen LogP contribution < -0.4 is 20.1 Å². The van der Waals surface area contributed by atoms with Crippen molar-refractivity contribution in [3.05, 3.63) is 58.6 Å². The van der Waals surface area contributed by atoms with Gasteiger partial charge < -0.3 is 25.2 Å². The maximum absolute atomic E-state index is 8.77. The Bertz CT molecular complexity index is 658. The van der Waals surface area contributed by atoms with E-state index in [-0.39, 0.29) is 31.4 Å². The monoisotopic (exact) mass is 450 g/mol. The van der Waals surface area contributed by atoms with E-state index < -0.39 is 0 Å². The van der Waals surface area contributed by atoms with Gasteiger partial charge in [-0.3, -0.25) is 0 Å². The SMILES string of the molecule is CCOc1cccc(CNCCNCCO)c1OCc1ccc(Cl)cc1.Cl.Cl. The molecule has 0 saturated heterocycles. The quantitative estimate of drug-likeness (QED) is 0.428. The molecule has 0 unspecified atom stereocenters. The van der Waals surface area contributed by atoms with E-state index in [9.17, 15) is 0 Å². The Morgan fingerprint density at radius 2 is 1.64 bits per heavy atom. The number of para-hydroxylation sites is 1. The highest BCUT2D eigenvalue weighted by molar-refractivity contribution is 6.30. The number of halogens is 3. The summed E-state index contributed by atoms with van der Waals surface area (Å²) in [4.78, 5) is 0. The molecule has 0 aliphatic rings. The minimum Gasteiger partial charge on any atom is -0.490 e. The highest BCUT2D eigenvalue weighted by atomic mass is 35.5. The highest BCUT2D eigenvalue weighted by Crippen LogP contribution is 2.32. The number of ether oxygens (including phenoxy) is 2. The van der Waals surface area contributed by atoms with Gasteiger partial charge in [-0.2, -0.15) is 0 Å². The topological polar surface area (TPSA) is 62.8 Å². The summed E-state index contributed by atoms with van der Waals surface area (Å²) in [6.07, 6.45) is 0. The van der Waals surface area contributed by atoms with Crippen molar-refractivity contribution in [3.63, 3.8) is 0 Å². The van der Waals surface area contributed by atoms with Gasteiger partial charge in [0.2, 0.25) is 0 Å². The van der Waals surface area contributed by atoms with Crippen molar-refractivity contribution in [3.8, 4) is 11.5 Å². The number of benzene rings is 2. The predicted octanol–water partition coefficient (Wildman–Crippen LogP) is 3.83. The molecule has 5 nitrogen and oxygen atoms in total. The summed E-state index contributed by atoms with van der Waals surface area (Å²) in [5.74, 6) is 1.51. The first-order valence-electron chi connectivity index (χ1n) is 8.88.